The van der Waals surface area contributed by atoms with E-state index in [9.17, 15) is 4.79 Å². The van der Waals surface area contributed by atoms with Crippen molar-refractivity contribution in [1.82, 2.24) is 0 Å². The lowest BCUT2D eigenvalue weighted by Crippen LogP contribution is -1.99. The van der Waals surface area contributed by atoms with Crippen molar-refractivity contribution in [2.45, 2.75) is 6.61 Å². The molecule has 0 heterocycles. The van der Waals surface area contributed by atoms with Gasteiger partial charge in [-0.2, -0.15) is 0 Å². The van der Waals surface area contributed by atoms with E-state index in [0.29, 0.717) is 27.1 Å². The predicted octanol–water partition coefficient (Wildman–Crippen LogP) is 4.39. The number of methoxy groups -OCH3 is 1. The van der Waals surface area contributed by atoms with E-state index in [1.807, 2.05) is 0 Å². The molecule has 0 unspecified atom stereocenters. The predicted molar refractivity (Wildman–Crippen MR) is 79.2 cm³/mol. The second-order valence-corrected chi connectivity index (χ2v) is 4.89. The molecule has 0 aliphatic heterocycles. The SMILES string of the molecule is COc1ccc(C=O)c(OCc2ccc(Cl)cc2Cl)c1. The quantitative estimate of drug-likeness (QED) is 0.768. The Hall–Kier alpha value is -1.71. The highest BCUT2D eigenvalue weighted by molar-refractivity contribution is 6.35. The summed E-state index contributed by atoms with van der Waals surface area (Å²) in [6, 6.07) is 10.2. The van der Waals surface area contributed by atoms with Crippen LogP contribution in [0, 0.1) is 0 Å². The molecule has 2 aromatic carbocycles. The molecule has 0 aliphatic carbocycles. The number of ether oxygens (including phenoxy) is 2. The summed E-state index contributed by atoms with van der Waals surface area (Å²) in [5.41, 5.74) is 1.24. The Bertz CT molecular complexity index is 627. The van der Waals surface area contributed by atoms with Crippen molar-refractivity contribution in [2.24, 2.45) is 0 Å². The molecule has 20 heavy (non-hydrogen) atoms. The minimum absolute atomic E-state index is 0.240. The van der Waals surface area contributed by atoms with Crippen LogP contribution in [0.2, 0.25) is 10.0 Å². The van der Waals surface area contributed by atoms with Gasteiger partial charge in [0, 0.05) is 21.7 Å². The molecule has 3 nitrogen and oxygen atoms in total. The number of carbonyl (C=O) groups excluding carboxylic acids is 1. The molecule has 0 aromatic heterocycles. The lowest BCUT2D eigenvalue weighted by molar-refractivity contribution is 0.111. The number of hydrogen-bond acceptors (Lipinski definition) is 3. The molecule has 0 amide bonds. The minimum Gasteiger partial charge on any atom is -0.497 e. The van der Waals surface area contributed by atoms with Gasteiger partial charge in [-0.05, 0) is 24.3 Å². The zero-order valence-electron chi connectivity index (χ0n) is 10.7. The zero-order chi connectivity index (χ0) is 14.5. The molecule has 0 aliphatic rings. The van der Waals surface area contributed by atoms with Gasteiger partial charge < -0.3 is 9.47 Å². The Morgan fingerprint density at radius 2 is 1.95 bits per heavy atom. The van der Waals surface area contributed by atoms with Crippen molar-refractivity contribution < 1.29 is 14.3 Å². The Labute approximate surface area is 127 Å². The average Bonchev–Trinajstić information content (AvgIpc) is 2.46. The third kappa shape index (κ3) is 3.44. The van der Waals surface area contributed by atoms with E-state index in [-0.39, 0.29) is 6.61 Å². The molecule has 0 spiro atoms. The Kier molecular flexibility index (Phi) is 4.88. The van der Waals surface area contributed by atoms with Crippen LogP contribution in [0.5, 0.6) is 11.5 Å². The van der Waals surface area contributed by atoms with Gasteiger partial charge in [-0.1, -0.05) is 29.3 Å². The first-order chi connectivity index (χ1) is 9.63. The fourth-order valence-electron chi connectivity index (χ4n) is 1.66. The summed E-state index contributed by atoms with van der Waals surface area (Å²) >= 11 is 11.9. The highest BCUT2D eigenvalue weighted by Gasteiger charge is 2.07. The second kappa shape index (κ2) is 6.64. The molecule has 0 fully saturated rings. The first-order valence-corrected chi connectivity index (χ1v) is 6.59. The fourth-order valence-corrected chi connectivity index (χ4v) is 2.12. The zero-order valence-corrected chi connectivity index (χ0v) is 12.2. The van der Waals surface area contributed by atoms with Gasteiger partial charge in [-0.3, -0.25) is 4.79 Å². The molecule has 0 radical (unpaired) electrons. The average molecular weight is 311 g/mol. The van der Waals surface area contributed by atoms with E-state index in [4.69, 9.17) is 32.7 Å². The van der Waals surface area contributed by atoms with Gasteiger partial charge in [0.05, 0.1) is 12.7 Å². The molecule has 104 valence electrons. The van der Waals surface area contributed by atoms with Gasteiger partial charge in [-0.15, -0.1) is 0 Å². The van der Waals surface area contributed by atoms with Gasteiger partial charge in [-0.25, -0.2) is 0 Å². The molecule has 2 aromatic rings. The second-order valence-electron chi connectivity index (χ2n) is 4.05. The lowest BCUT2D eigenvalue weighted by Gasteiger charge is -2.11. The summed E-state index contributed by atoms with van der Waals surface area (Å²) in [7, 11) is 1.55. The first-order valence-electron chi connectivity index (χ1n) is 5.84. The molecule has 5 heteroatoms. The van der Waals surface area contributed by atoms with Crippen LogP contribution in [0.4, 0.5) is 0 Å². The van der Waals surface area contributed by atoms with E-state index >= 15 is 0 Å². The third-order valence-corrected chi connectivity index (χ3v) is 3.33. The van der Waals surface area contributed by atoms with Gasteiger partial charge in [0.25, 0.3) is 0 Å². The number of halogens is 2. The van der Waals surface area contributed by atoms with Crippen LogP contribution in [0.25, 0.3) is 0 Å². The largest absolute Gasteiger partial charge is 0.497 e. The Morgan fingerprint density at radius 3 is 2.60 bits per heavy atom. The molecule has 0 saturated carbocycles. The van der Waals surface area contributed by atoms with Crippen LogP contribution >= 0.6 is 23.2 Å². The molecule has 0 atom stereocenters. The van der Waals surface area contributed by atoms with Crippen molar-refractivity contribution in [3.63, 3.8) is 0 Å². The molecule has 0 bridgehead atoms. The van der Waals surface area contributed by atoms with Crippen LogP contribution in [0.15, 0.2) is 36.4 Å². The summed E-state index contributed by atoms with van der Waals surface area (Å²) in [6.45, 7) is 0.240. The van der Waals surface area contributed by atoms with Crippen LogP contribution in [0.3, 0.4) is 0 Å². The third-order valence-electron chi connectivity index (χ3n) is 2.75. The van der Waals surface area contributed by atoms with Crippen molar-refractivity contribution in [1.29, 1.82) is 0 Å². The highest BCUT2D eigenvalue weighted by Crippen LogP contribution is 2.26. The van der Waals surface area contributed by atoms with Crippen molar-refractivity contribution in [3.8, 4) is 11.5 Å². The van der Waals surface area contributed by atoms with Crippen LogP contribution in [0.1, 0.15) is 15.9 Å². The van der Waals surface area contributed by atoms with E-state index in [1.165, 1.54) is 0 Å². The Morgan fingerprint density at radius 1 is 1.15 bits per heavy atom. The number of carbonyl (C=O) groups is 1. The Balaban J connectivity index is 2.19. The van der Waals surface area contributed by atoms with Gasteiger partial charge in [0.2, 0.25) is 0 Å². The van der Waals surface area contributed by atoms with Crippen molar-refractivity contribution in [3.05, 3.63) is 57.6 Å². The summed E-state index contributed by atoms with van der Waals surface area (Å²) in [6.07, 6.45) is 0.734. The smallest absolute Gasteiger partial charge is 0.153 e. The number of benzene rings is 2. The monoisotopic (exact) mass is 310 g/mol. The maximum Gasteiger partial charge on any atom is 0.153 e. The fraction of sp³-hybridized carbons (Fsp3) is 0.133. The van der Waals surface area contributed by atoms with Crippen LogP contribution in [-0.4, -0.2) is 13.4 Å². The van der Waals surface area contributed by atoms with Gasteiger partial charge in [0.1, 0.15) is 18.1 Å². The maximum atomic E-state index is 11.0. The summed E-state index contributed by atoms with van der Waals surface area (Å²) in [5, 5.41) is 1.08. The van der Waals surface area contributed by atoms with E-state index in [1.54, 1.807) is 43.5 Å². The molecule has 2 rings (SSSR count). The van der Waals surface area contributed by atoms with Gasteiger partial charge >= 0.3 is 0 Å². The minimum atomic E-state index is 0.240. The molecular formula is C15H12Cl2O3. The van der Waals surface area contributed by atoms with Crippen LogP contribution in [-0.2, 0) is 6.61 Å². The topological polar surface area (TPSA) is 35.5 Å². The summed E-state index contributed by atoms with van der Waals surface area (Å²) < 4.78 is 10.7. The number of aldehydes is 1. The summed E-state index contributed by atoms with van der Waals surface area (Å²) in [4.78, 5) is 11.0. The molecular weight excluding hydrogens is 299 g/mol. The van der Waals surface area contributed by atoms with E-state index < -0.39 is 0 Å². The maximum absolute atomic E-state index is 11.0. The van der Waals surface area contributed by atoms with Crippen molar-refractivity contribution in [2.75, 3.05) is 7.11 Å². The number of hydrogen-bond donors (Lipinski definition) is 0. The normalized spacial score (nSPS) is 10.2. The van der Waals surface area contributed by atoms with Crippen molar-refractivity contribution >= 4 is 29.5 Å². The molecule has 0 saturated heterocycles. The van der Waals surface area contributed by atoms with Gasteiger partial charge in [0.15, 0.2) is 6.29 Å². The highest BCUT2D eigenvalue weighted by atomic mass is 35.5. The lowest BCUT2D eigenvalue weighted by atomic mass is 10.2. The molecule has 0 N–H and O–H groups in total. The standard InChI is InChI=1S/C15H12Cl2O3/c1-19-13-5-3-10(8-18)15(7-13)20-9-11-2-4-12(16)6-14(11)17/h2-8H,9H2,1H3. The van der Waals surface area contributed by atoms with E-state index in [2.05, 4.69) is 0 Å². The summed E-state index contributed by atoms with van der Waals surface area (Å²) in [5.74, 6) is 1.07. The van der Waals surface area contributed by atoms with E-state index in [0.717, 1.165) is 11.8 Å². The van der Waals surface area contributed by atoms with Crippen LogP contribution < -0.4 is 9.47 Å². The number of rotatable bonds is 5. The first kappa shape index (κ1) is 14.7.